The van der Waals surface area contributed by atoms with Crippen LogP contribution in [0.5, 0.6) is 0 Å². The van der Waals surface area contributed by atoms with Gasteiger partial charge in [-0.15, -0.1) is 0 Å². The molecule has 1 fully saturated rings. The fraction of sp³-hybridized carbons (Fsp3) is 0.364. The van der Waals surface area contributed by atoms with Crippen LogP contribution in [-0.4, -0.2) is 37.8 Å². The largest absolute Gasteiger partial charge is 0.322 e. The summed E-state index contributed by atoms with van der Waals surface area (Å²) in [5, 5.41) is 3.96. The molecule has 2 aromatic rings. The quantitative estimate of drug-likeness (QED) is 0.500. The summed E-state index contributed by atoms with van der Waals surface area (Å²) < 4.78 is 0. The Balaban J connectivity index is 1.46. The SMILES string of the molecule is CC(C)=NNC(=O)c1ccc(C[NH+]2CC[NH+](Cc3ccccc3)CC2)cc1. The molecule has 0 bridgehead atoms. The van der Waals surface area contributed by atoms with Gasteiger partial charge in [0.05, 0.1) is 0 Å². The molecule has 2 aromatic carbocycles. The fourth-order valence-corrected chi connectivity index (χ4v) is 3.48. The van der Waals surface area contributed by atoms with Crippen LogP contribution in [0.3, 0.4) is 0 Å². The Hall–Kier alpha value is -2.50. The number of nitrogens with zero attached hydrogens (tertiary/aromatic N) is 1. The molecule has 3 rings (SSSR count). The third kappa shape index (κ3) is 6.01. The van der Waals surface area contributed by atoms with Gasteiger partial charge in [-0.1, -0.05) is 42.5 Å². The summed E-state index contributed by atoms with van der Waals surface area (Å²) in [5.74, 6) is -0.159. The third-order valence-corrected chi connectivity index (χ3v) is 5.01. The first kappa shape index (κ1) is 19.3. The van der Waals surface area contributed by atoms with Gasteiger partial charge in [0.25, 0.3) is 5.91 Å². The van der Waals surface area contributed by atoms with Gasteiger partial charge in [0, 0.05) is 22.4 Å². The van der Waals surface area contributed by atoms with Crippen molar-refractivity contribution in [2.45, 2.75) is 26.9 Å². The van der Waals surface area contributed by atoms with Gasteiger partial charge in [0.15, 0.2) is 0 Å². The molecule has 0 saturated carbocycles. The van der Waals surface area contributed by atoms with E-state index in [0.717, 1.165) is 18.8 Å². The second-order valence-electron chi connectivity index (χ2n) is 7.54. The van der Waals surface area contributed by atoms with Gasteiger partial charge in [-0.05, 0) is 26.0 Å². The molecule has 1 aliphatic heterocycles. The maximum atomic E-state index is 12.0. The summed E-state index contributed by atoms with van der Waals surface area (Å²) in [6.45, 7) is 10.6. The highest BCUT2D eigenvalue weighted by atomic mass is 16.2. The van der Waals surface area contributed by atoms with Crippen molar-refractivity contribution in [2.75, 3.05) is 26.2 Å². The number of hydrogen-bond donors (Lipinski definition) is 3. The molecule has 1 aliphatic rings. The highest BCUT2D eigenvalue weighted by Gasteiger charge is 2.23. The second kappa shape index (κ2) is 9.44. The Morgan fingerprint density at radius 1 is 0.852 bits per heavy atom. The van der Waals surface area contributed by atoms with E-state index in [-0.39, 0.29) is 5.91 Å². The topological polar surface area (TPSA) is 50.3 Å². The standard InChI is InChI=1S/C22H28N4O/c1-18(2)23-24-22(27)21-10-8-20(9-11-21)17-26-14-12-25(13-15-26)16-19-6-4-3-5-7-19/h3-11H,12-17H2,1-2H3,(H,24,27)/p+2. The van der Waals surface area contributed by atoms with Crippen molar-refractivity contribution in [2.24, 2.45) is 5.10 Å². The summed E-state index contributed by atoms with van der Waals surface area (Å²) in [6.07, 6.45) is 0. The maximum absolute atomic E-state index is 12.0. The average molecular weight is 367 g/mol. The maximum Gasteiger partial charge on any atom is 0.271 e. The molecule has 5 nitrogen and oxygen atoms in total. The molecule has 0 unspecified atom stereocenters. The molecule has 0 spiro atoms. The molecule has 27 heavy (non-hydrogen) atoms. The zero-order valence-corrected chi connectivity index (χ0v) is 16.3. The number of piperazine rings is 1. The van der Waals surface area contributed by atoms with Crippen LogP contribution in [0, 0.1) is 0 Å². The van der Waals surface area contributed by atoms with E-state index in [1.54, 1.807) is 9.80 Å². The van der Waals surface area contributed by atoms with Gasteiger partial charge in [0.2, 0.25) is 0 Å². The molecule has 1 amide bonds. The molecule has 5 heteroatoms. The molecule has 0 radical (unpaired) electrons. The molecule has 142 valence electrons. The van der Waals surface area contributed by atoms with Crippen molar-refractivity contribution < 1.29 is 14.6 Å². The number of carbonyl (C=O) groups excluding carboxylic acids is 1. The van der Waals surface area contributed by atoms with Crippen LogP contribution < -0.4 is 15.2 Å². The zero-order chi connectivity index (χ0) is 19.1. The Bertz CT molecular complexity index is 759. The molecular weight excluding hydrogens is 336 g/mol. The van der Waals surface area contributed by atoms with Crippen molar-refractivity contribution >= 4 is 11.6 Å². The summed E-state index contributed by atoms with van der Waals surface area (Å²) in [7, 11) is 0. The van der Waals surface area contributed by atoms with Crippen LogP contribution in [0.1, 0.15) is 35.3 Å². The van der Waals surface area contributed by atoms with E-state index in [2.05, 4.69) is 53.0 Å². The predicted octanol–water partition coefficient (Wildman–Crippen LogP) is 0.296. The summed E-state index contributed by atoms with van der Waals surface area (Å²) in [5.41, 5.74) is 6.75. The molecular formula is C22H30N4O+2. The Morgan fingerprint density at radius 3 is 1.89 bits per heavy atom. The van der Waals surface area contributed by atoms with Crippen molar-refractivity contribution in [3.63, 3.8) is 0 Å². The van der Waals surface area contributed by atoms with Crippen molar-refractivity contribution in [3.8, 4) is 0 Å². The number of amides is 1. The van der Waals surface area contributed by atoms with Gasteiger partial charge in [-0.2, -0.15) is 5.10 Å². The Labute approximate surface area is 161 Å². The van der Waals surface area contributed by atoms with Crippen LogP contribution in [-0.2, 0) is 13.1 Å². The number of hydrazone groups is 1. The van der Waals surface area contributed by atoms with Gasteiger partial charge in [0.1, 0.15) is 39.3 Å². The van der Waals surface area contributed by atoms with Crippen LogP contribution >= 0.6 is 0 Å². The Morgan fingerprint density at radius 2 is 1.37 bits per heavy atom. The van der Waals surface area contributed by atoms with Gasteiger partial charge < -0.3 is 9.80 Å². The molecule has 1 heterocycles. The van der Waals surface area contributed by atoms with Crippen LogP contribution in [0.2, 0.25) is 0 Å². The number of nitrogens with one attached hydrogen (secondary N) is 3. The number of rotatable bonds is 6. The van der Waals surface area contributed by atoms with E-state index in [0.29, 0.717) is 5.56 Å². The van der Waals surface area contributed by atoms with E-state index in [1.807, 2.05) is 26.0 Å². The number of carbonyl (C=O) groups is 1. The zero-order valence-electron chi connectivity index (χ0n) is 16.3. The minimum atomic E-state index is -0.159. The number of benzene rings is 2. The van der Waals surface area contributed by atoms with E-state index in [4.69, 9.17) is 0 Å². The first-order valence-electron chi connectivity index (χ1n) is 9.71. The van der Waals surface area contributed by atoms with Gasteiger partial charge >= 0.3 is 0 Å². The lowest BCUT2D eigenvalue weighted by atomic mass is 10.1. The predicted molar refractivity (Wildman–Crippen MR) is 108 cm³/mol. The monoisotopic (exact) mass is 366 g/mol. The van der Waals surface area contributed by atoms with E-state index in [9.17, 15) is 4.79 Å². The smallest absolute Gasteiger partial charge is 0.271 e. The van der Waals surface area contributed by atoms with Crippen LogP contribution in [0.4, 0.5) is 0 Å². The summed E-state index contributed by atoms with van der Waals surface area (Å²) in [6, 6.07) is 18.7. The fourth-order valence-electron chi connectivity index (χ4n) is 3.48. The first-order valence-corrected chi connectivity index (χ1v) is 9.71. The normalized spacial score (nSPS) is 19.3. The lowest BCUT2D eigenvalue weighted by molar-refractivity contribution is -1.02. The van der Waals surface area contributed by atoms with Crippen molar-refractivity contribution in [3.05, 3.63) is 71.3 Å². The minimum Gasteiger partial charge on any atom is -0.322 e. The summed E-state index contributed by atoms with van der Waals surface area (Å²) in [4.78, 5) is 15.3. The molecule has 0 atom stereocenters. The van der Waals surface area contributed by atoms with Crippen LogP contribution in [0.25, 0.3) is 0 Å². The average Bonchev–Trinajstić information content (AvgIpc) is 2.69. The van der Waals surface area contributed by atoms with Crippen molar-refractivity contribution in [1.82, 2.24) is 5.43 Å². The summed E-state index contributed by atoms with van der Waals surface area (Å²) >= 11 is 0. The number of quaternary nitrogens is 2. The highest BCUT2D eigenvalue weighted by molar-refractivity contribution is 5.95. The van der Waals surface area contributed by atoms with Crippen LogP contribution in [0.15, 0.2) is 59.7 Å². The van der Waals surface area contributed by atoms with Gasteiger partial charge in [-0.25, -0.2) is 5.43 Å². The third-order valence-electron chi connectivity index (χ3n) is 5.01. The molecule has 0 aromatic heterocycles. The van der Waals surface area contributed by atoms with Gasteiger partial charge in [-0.3, -0.25) is 4.79 Å². The van der Waals surface area contributed by atoms with E-state index >= 15 is 0 Å². The lowest BCUT2D eigenvalue weighted by Gasteiger charge is -2.29. The second-order valence-corrected chi connectivity index (χ2v) is 7.54. The van der Waals surface area contributed by atoms with Crippen molar-refractivity contribution in [1.29, 1.82) is 0 Å². The highest BCUT2D eigenvalue weighted by Crippen LogP contribution is 2.03. The lowest BCUT2D eigenvalue weighted by Crippen LogP contribution is -3.27. The number of hydrogen-bond acceptors (Lipinski definition) is 2. The molecule has 0 aliphatic carbocycles. The Kier molecular flexibility index (Phi) is 6.74. The molecule has 1 saturated heterocycles. The minimum absolute atomic E-state index is 0.159. The van der Waals surface area contributed by atoms with E-state index < -0.39 is 0 Å². The van der Waals surface area contributed by atoms with E-state index in [1.165, 1.54) is 37.3 Å². The first-order chi connectivity index (χ1) is 13.1. The molecule has 3 N–H and O–H groups in total.